The predicted molar refractivity (Wildman–Crippen MR) is 74.1 cm³/mol. The summed E-state index contributed by atoms with van der Waals surface area (Å²) in [5, 5.41) is 11.4. The Morgan fingerprint density at radius 1 is 1.47 bits per heavy atom. The zero-order valence-electron chi connectivity index (χ0n) is 11.3. The summed E-state index contributed by atoms with van der Waals surface area (Å²) >= 11 is 0. The zero-order chi connectivity index (χ0) is 13.7. The van der Waals surface area contributed by atoms with Gasteiger partial charge in [0.1, 0.15) is 0 Å². The number of aromatic nitrogens is 2. The fourth-order valence-electron chi connectivity index (χ4n) is 2.44. The van der Waals surface area contributed by atoms with E-state index in [1.54, 1.807) is 6.07 Å². The molecule has 104 valence electrons. The third-order valence-electron chi connectivity index (χ3n) is 3.45. The molecule has 1 aliphatic rings. The second-order valence-electron chi connectivity index (χ2n) is 4.79. The third kappa shape index (κ3) is 3.41. The number of carbonyl (C=O) groups is 1. The first-order valence-electron chi connectivity index (χ1n) is 6.83. The molecule has 0 spiro atoms. The Kier molecular flexibility index (Phi) is 4.68. The monoisotopic (exact) mass is 263 g/mol. The van der Waals surface area contributed by atoms with Crippen LogP contribution in [0.1, 0.15) is 36.7 Å². The van der Waals surface area contributed by atoms with Crippen molar-refractivity contribution in [2.75, 3.05) is 24.5 Å². The number of rotatable bonds is 5. The minimum absolute atomic E-state index is 0.212. The minimum atomic E-state index is -0.540. The first-order valence-corrected chi connectivity index (χ1v) is 6.83. The van der Waals surface area contributed by atoms with E-state index in [1.165, 1.54) is 12.8 Å². The zero-order valence-corrected chi connectivity index (χ0v) is 11.3. The van der Waals surface area contributed by atoms with Gasteiger partial charge in [0.25, 0.3) is 5.91 Å². The van der Waals surface area contributed by atoms with Crippen molar-refractivity contribution in [1.29, 1.82) is 0 Å². The van der Waals surface area contributed by atoms with Crippen molar-refractivity contribution < 1.29 is 4.79 Å². The molecule has 0 aliphatic carbocycles. The Bertz CT molecular complexity index is 420. The van der Waals surface area contributed by atoms with E-state index in [2.05, 4.69) is 27.3 Å². The number of amides is 1. The molecule has 1 unspecified atom stereocenters. The number of hydrogen-bond donors (Lipinski definition) is 2. The molecule has 0 bridgehead atoms. The lowest BCUT2D eigenvalue weighted by Gasteiger charge is -2.36. The highest BCUT2D eigenvalue weighted by molar-refractivity contribution is 5.90. The predicted octanol–water partition coefficient (Wildman–Crippen LogP) is 0.544. The number of nitrogens with one attached hydrogen (secondary N) is 1. The average Bonchev–Trinajstić information content (AvgIpc) is 2.45. The number of primary amides is 1. The molecule has 1 aromatic rings. The Balaban J connectivity index is 2.10. The first kappa shape index (κ1) is 13.7. The highest BCUT2D eigenvalue weighted by Crippen LogP contribution is 2.22. The summed E-state index contributed by atoms with van der Waals surface area (Å²) in [5.41, 5.74) is 5.38. The summed E-state index contributed by atoms with van der Waals surface area (Å²) in [6.45, 7) is 5.02. The Morgan fingerprint density at radius 3 is 2.95 bits per heavy atom. The van der Waals surface area contributed by atoms with Gasteiger partial charge >= 0.3 is 0 Å². The number of carbonyl (C=O) groups excluding carboxylic acids is 1. The minimum Gasteiger partial charge on any atom is -0.364 e. The molecule has 2 heterocycles. The van der Waals surface area contributed by atoms with E-state index in [4.69, 9.17) is 5.73 Å². The molecule has 0 aromatic carbocycles. The van der Waals surface area contributed by atoms with Crippen LogP contribution in [0.2, 0.25) is 0 Å². The van der Waals surface area contributed by atoms with E-state index in [0.29, 0.717) is 6.04 Å². The number of anilines is 1. The van der Waals surface area contributed by atoms with Gasteiger partial charge in [-0.25, -0.2) is 0 Å². The van der Waals surface area contributed by atoms with Gasteiger partial charge in [0, 0.05) is 19.1 Å². The fraction of sp³-hybridized carbons (Fsp3) is 0.615. The van der Waals surface area contributed by atoms with E-state index < -0.39 is 5.91 Å². The molecule has 1 aromatic heterocycles. The van der Waals surface area contributed by atoms with Gasteiger partial charge in [0.2, 0.25) is 0 Å². The SMILES string of the molecule is CCNCC1CCCCN1c1ccc(C(N)=O)nn1. The molecular weight excluding hydrogens is 242 g/mol. The maximum Gasteiger partial charge on any atom is 0.269 e. The van der Waals surface area contributed by atoms with Crippen molar-refractivity contribution in [3.63, 3.8) is 0 Å². The summed E-state index contributed by atoms with van der Waals surface area (Å²) in [5.74, 6) is 0.287. The van der Waals surface area contributed by atoms with Crippen LogP contribution in [0.5, 0.6) is 0 Å². The molecule has 1 aliphatic heterocycles. The Labute approximate surface area is 113 Å². The van der Waals surface area contributed by atoms with Crippen molar-refractivity contribution in [2.45, 2.75) is 32.2 Å². The lowest BCUT2D eigenvalue weighted by molar-refractivity contribution is 0.0994. The van der Waals surface area contributed by atoms with Crippen molar-refractivity contribution in [2.24, 2.45) is 5.73 Å². The molecule has 1 atom stereocenters. The van der Waals surface area contributed by atoms with Crippen LogP contribution >= 0.6 is 0 Å². The Hall–Kier alpha value is -1.69. The highest BCUT2D eigenvalue weighted by atomic mass is 16.1. The quantitative estimate of drug-likeness (QED) is 0.810. The molecule has 6 heteroatoms. The highest BCUT2D eigenvalue weighted by Gasteiger charge is 2.23. The fourth-order valence-corrected chi connectivity index (χ4v) is 2.44. The number of hydrogen-bond acceptors (Lipinski definition) is 5. The molecule has 6 nitrogen and oxygen atoms in total. The van der Waals surface area contributed by atoms with Crippen molar-refractivity contribution in [1.82, 2.24) is 15.5 Å². The van der Waals surface area contributed by atoms with Gasteiger partial charge in [-0.2, -0.15) is 0 Å². The molecule has 0 radical (unpaired) electrons. The molecule has 1 fully saturated rings. The first-order chi connectivity index (χ1) is 9.22. The van der Waals surface area contributed by atoms with Gasteiger partial charge in [0.05, 0.1) is 0 Å². The second kappa shape index (κ2) is 6.47. The third-order valence-corrected chi connectivity index (χ3v) is 3.45. The van der Waals surface area contributed by atoms with Crippen molar-refractivity contribution in [3.05, 3.63) is 17.8 Å². The maximum atomic E-state index is 11.0. The molecule has 1 amide bonds. The Morgan fingerprint density at radius 2 is 2.32 bits per heavy atom. The number of nitrogens with two attached hydrogens (primary N) is 1. The number of nitrogens with zero attached hydrogens (tertiary/aromatic N) is 3. The summed E-state index contributed by atoms with van der Waals surface area (Å²) in [6.07, 6.45) is 3.58. The van der Waals surface area contributed by atoms with Crippen molar-refractivity contribution in [3.8, 4) is 0 Å². The molecule has 3 N–H and O–H groups in total. The largest absolute Gasteiger partial charge is 0.364 e. The molecule has 2 rings (SSSR count). The average molecular weight is 263 g/mol. The summed E-state index contributed by atoms with van der Waals surface area (Å²) in [6, 6.07) is 3.92. The van der Waals surface area contributed by atoms with E-state index in [0.717, 1.165) is 31.9 Å². The van der Waals surface area contributed by atoms with Crippen LogP contribution in [-0.4, -0.2) is 41.8 Å². The van der Waals surface area contributed by atoms with Gasteiger partial charge in [-0.15, -0.1) is 10.2 Å². The second-order valence-corrected chi connectivity index (χ2v) is 4.79. The van der Waals surface area contributed by atoms with Crippen LogP contribution in [0.25, 0.3) is 0 Å². The molecule has 0 saturated carbocycles. The number of likely N-dealkylation sites (N-methyl/N-ethyl adjacent to an activating group) is 1. The smallest absolute Gasteiger partial charge is 0.269 e. The van der Waals surface area contributed by atoms with E-state index in [-0.39, 0.29) is 5.69 Å². The van der Waals surface area contributed by atoms with Crippen molar-refractivity contribution >= 4 is 11.7 Å². The summed E-state index contributed by atoms with van der Waals surface area (Å²) in [7, 11) is 0. The molecule has 1 saturated heterocycles. The number of piperidine rings is 1. The van der Waals surface area contributed by atoms with Gasteiger partial charge in [-0.3, -0.25) is 4.79 Å². The van der Waals surface area contributed by atoms with Crippen LogP contribution in [0.3, 0.4) is 0 Å². The van der Waals surface area contributed by atoms with E-state index in [9.17, 15) is 4.79 Å². The van der Waals surface area contributed by atoms with Gasteiger partial charge in [0.15, 0.2) is 11.5 Å². The topological polar surface area (TPSA) is 84.1 Å². The summed E-state index contributed by atoms with van der Waals surface area (Å²) in [4.78, 5) is 13.3. The van der Waals surface area contributed by atoms with Crippen LogP contribution in [-0.2, 0) is 0 Å². The van der Waals surface area contributed by atoms with Crippen LogP contribution in [0.4, 0.5) is 5.82 Å². The van der Waals surface area contributed by atoms with Gasteiger partial charge < -0.3 is 16.0 Å². The maximum absolute atomic E-state index is 11.0. The standard InChI is InChI=1S/C13H21N5O/c1-2-15-9-10-5-3-4-8-18(10)12-7-6-11(13(14)19)16-17-12/h6-7,10,15H,2-5,8-9H2,1H3,(H2,14,19). The lowest BCUT2D eigenvalue weighted by Crippen LogP contribution is -2.46. The molecular formula is C13H21N5O. The molecule has 19 heavy (non-hydrogen) atoms. The van der Waals surface area contributed by atoms with Gasteiger partial charge in [-0.1, -0.05) is 6.92 Å². The van der Waals surface area contributed by atoms with Crippen LogP contribution < -0.4 is 16.0 Å². The lowest BCUT2D eigenvalue weighted by atomic mass is 10.0. The summed E-state index contributed by atoms with van der Waals surface area (Å²) < 4.78 is 0. The van der Waals surface area contributed by atoms with Crippen LogP contribution in [0, 0.1) is 0 Å². The van der Waals surface area contributed by atoms with E-state index in [1.807, 2.05) is 6.07 Å². The van der Waals surface area contributed by atoms with Crippen LogP contribution in [0.15, 0.2) is 12.1 Å². The van der Waals surface area contributed by atoms with Gasteiger partial charge in [-0.05, 0) is 37.9 Å². The van der Waals surface area contributed by atoms with E-state index >= 15 is 0 Å². The normalized spacial score (nSPS) is 19.4.